The van der Waals surface area contributed by atoms with E-state index in [2.05, 4.69) is 36.4 Å². The fourth-order valence-corrected chi connectivity index (χ4v) is 1.84. The van der Waals surface area contributed by atoms with Gasteiger partial charge < -0.3 is 10.6 Å². The third kappa shape index (κ3) is 6.55. The standard InChI is InChI=1S/C16H27N3O/c1-4-5-6-8-19-16(20)14-10-15(12-17-11-14)18-9-7-13(2)3/h10-13,18H,4-9H2,1-3H3,(H,19,20). The number of hydrogen-bond donors (Lipinski definition) is 2. The van der Waals surface area contributed by atoms with Gasteiger partial charge in [0.25, 0.3) is 5.91 Å². The molecule has 0 aliphatic heterocycles. The lowest BCUT2D eigenvalue weighted by Gasteiger charge is -2.09. The van der Waals surface area contributed by atoms with Crippen LogP contribution in [-0.4, -0.2) is 24.0 Å². The molecular weight excluding hydrogens is 250 g/mol. The topological polar surface area (TPSA) is 54.0 Å². The number of pyridine rings is 1. The minimum atomic E-state index is -0.0406. The molecule has 0 aromatic carbocycles. The van der Waals surface area contributed by atoms with Gasteiger partial charge in [-0.25, -0.2) is 0 Å². The molecule has 0 fully saturated rings. The summed E-state index contributed by atoms with van der Waals surface area (Å²) in [5.41, 5.74) is 1.53. The molecule has 20 heavy (non-hydrogen) atoms. The van der Waals surface area contributed by atoms with Crippen molar-refractivity contribution in [1.29, 1.82) is 0 Å². The van der Waals surface area contributed by atoms with Crippen molar-refractivity contribution in [3.05, 3.63) is 24.0 Å². The Kier molecular flexibility index (Phi) is 7.70. The fourth-order valence-electron chi connectivity index (χ4n) is 1.84. The number of carbonyl (C=O) groups excluding carboxylic acids is 1. The molecule has 1 aromatic rings. The van der Waals surface area contributed by atoms with Crippen molar-refractivity contribution in [1.82, 2.24) is 10.3 Å². The second-order valence-electron chi connectivity index (χ2n) is 5.53. The van der Waals surface area contributed by atoms with Gasteiger partial charge >= 0.3 is 0 Å². The van der Waals surface area contributed by atoms with Crippen LogP contribution in [0.25, 0.3) is 0 Å². The maximum atomic E-state index is 12.0. The summed E-state index contributed by atoms with van der Waals surface area (Å²) in [6.45, 7) is 8.18. The highest BCUT2D eigenvalue weighted by atomic mass is 16.1. The van der Waals surface area contributed by atoms with Crippen molar-refractivity contribution >= 4 is 11.6 Å². The average molecular weight is 277 g/mol. The molecule has 1 heterocycles. The van der Waals surface area contributed by atoms with Crippen molar-refractivity contribution in [2.75, 3.05) is 18.4 Å². The first kappa shape index (κ1) is 16.5. The SMILES string of the molecule is CCCCCNC(=O)c1cncc(NCCC(C)C)c1. The quantitative estimate of drug-likeness (QED) is 0.680. The van der Waals surface area contributed by atoms with Crippen LogP contribution >= 0.6 is 0 Å². The molecule has 0 aliphatic carbocycles. The predicted molar refractivity (Wildman–Crippen MR) is 84.0 cm³/mol. The molecule has 0 saturated carbocycles. The fraction of sp³-hybridized carbons (Fsp3) is 0.625. The number of rotatable bonds is 9. The van der Waals surface area contributed by atoms with Crippen LogP contribution in [0.1, 0.15) is 56.8 Å². The van der Waals surface area contributed by atoms with Gasteiger partial charge in [-0.05, 0) is 24.8 Å². The summed E-state index contributed by atoms with van der Waals surface area (Å²) in [7, 11) is 0. The number of unbranched alkanes of at least 4 members (excludes halogenated alkanes) is 2. The lowest BCUT2D eigenvalue weighted by atomic mass is 10.1. The smallest absolute Gasteiger partial charge is 0.252 e. The zero-order chi connectivity index (χ0) is 14.8. The molecule has 1 aromatic heterocycles. The molecule has 4 nitrogen and oxygen atoms in total. The summed E-state index contributed by atoms with van der Waals surface area (Å²) in [5, 5.41) is 6.23. The maximum Gasteiger partial charge on any atom is 0.252 e. The van der Waals surface area contributed by atoms with Crippen molar-refractivity contribution in [2.45, 2.75) is 46.5 Å². The second kappa shape index (κ2) is 9.34. The number of hydrogen-bond acceptors (Lipinski definition) is 3. The van der Waals surface area contributed by atoms with E-state index in [1.54, 1.807) is 12.4 Å². The van der Waals surface area contributed by atoms with Crippen molar-refractivity contribution < 1.29 is 4.79 Å². The van der Waals surface area contributed by atoms with E-state index in [9.17, 15) is 4.79 Å². The molecule has 112 valence electrons. The highest BCUT2D eigenvalue weighted by molar-refractivity contribution is 5.94. The lowest BCUT2D eigenvalue weighted by Crippen LogP contribution is -2.24. The van der Waals surface area contributed by atoms with Crippen LogP contribution < -0.4 is 10.6 Å². The predicted octanol–water partition coefficient (Wildman–Crippen LogP) is 3.46. The monoisotopic (exact) mass is 277 g/mol. The van der Waals surface area contributed by atoms with Gasteiger partial charge in [0.2, 0.25) is 0 Å². The van der Waals surface area contributed by atoms with E-state index in [0.29, 0.717) is 11.5 Å². The molecule has 1 amide bonds. The molecule has 2 N–H and O–H groups in total. The summed E-state index contributed by atoms with van der Waals surface area (Å²) >= 11 is 0. The van der Waals surface area contributed by atoms with Crippen LogP contribution in [0.4, 0.5) is 5.69 Å². The Bertz CT molecular complexity index is 404. The van der Waals surface area contributed by atoms with Gasteiger partial charge in [-0.3, -0.25) is 9.78 Å². The highest BCUT2D eigenvalue weighted by Gasteiger charge is 2.06. The molecule has 0 radical (unpaired) electrons. The molecule has 0 unspecified atom stereocenters. The molecule has 0 bridgehead atoms. The Morgan fingerprint density at radius 2 is 2.05 bits per heavy atom. The van der Waals surface area contributed by atoms with Crippen molar-refractivity contribution in [3.8, 4) is 0 Å². The number of carbonyl (C=O) groups is 1. The first-order valence-electron chi connectivity index (χ1n) is 7.60. The number of aromatic nitrogens is 1. The Hall–Kier alpha value is -1.58. The number of anilines is 1. The summed E-state index contributed by atoms with van der Waals surface area (Å²) < 4.78 is 0. The Morgan fingerprint density at radius 3 is 2.75 bits per heavy atom. The molecule has 0 spiro atoms. The van der Waals surface area contributed by atoms with Gasteiger partial charge in [-0.1, -0.05) is 33.6 Å². The zero-order valence-corrected chi connectivity index (χ0v) is 12.9. The Balaban J connectivity index is 2.43. The highest BCUT2D eigenvalue weighted by Crippen LogP contribution is 2.09. The largest absolute Gasteiger partial charge is 0.384 e. The second-order valence-corrected chi connectivity index (χ2v) is 5.53. The van der Waals surface area contributed by atoms with Gasteiger partial charge in [0.1, 0.15) is 0 Å². The van der Waals surface area contributed by atoms with Crippen molar-refractivity contribution in [2.24, 2.45) is 5.92 Å². The van der Waals surface area contributed by atoms with E-state index < -0.39 is 0 Å². The number of nitrogens with one attached hydrogen (secondary N) is 2. The van der Waals surface area contributed by atoms with Gasteiger partial charge in [0.05, 0.1) is 11.3 Å². The third-order valence-corrected chi connectivity index (χ3v) is 3.12. The summed E-state index contributed by atoms with van der Waals surface area (Å²) in [6.07, 6.45) is 7.81. The lowest BCUT2D eigenvalue weighted by molar-refractivity contribution is 0.0952. The summed E-state index contributed by atoms with van der Waals surface area (Å²) in [4.78, 5) is 16.1. The minimum absolute atomic E-state index is 0.0406. The Morgan fingerprint density at radius 1 is 1.25 bits per heavy atom. The third-order valence-electron chi connectivity index (χ3n) is 3.12. The van der Waals surface area contributed by atoms with E-state index in [1.165, 1.54) is 0 Å². The molecule has 0 saturated heterocycles. The van der Waals surface area contributed by atoms with Crippen LogP contribution in [0.2, 0.25) is 0 Å². The van der Waals surface area contributed by atoms with Crippen LogP contribution in [0.5, 0.6) is 0 Å². The maximum absolute atomic E-state index is 12.0. The van der Waals surface area contributed by atoms with Gasteiger partial charge in [-0.15, -0.1) is 0 Å². The zero-order valence-electron chi connectivity index (χ0n) is 12.9. The van der Waals surface area contributed by atoms with E-state index in [1.807, 2.05) is 6.07 Å². The Labute approximate surface area is 122 Å². The average Bonchev–Trinajstić information content (AvgIpc) is 2.43. The molecule has 0 atom stereocenters. The molecule has 4 heteroatoms. The van der Waals surface area contributed by atoms with E-state index in [0.717, 1.165) is 44.5 Å². The van der Waals surface area contributed by atoms with Crippen LogP contribution in [0.15, 0.2) is 18.5 Å². The number of nitrogens with zero attached hydrogens (tertiary/aromatic N) is 1. The first-order chi connectivity index (χ1) is 9.63. The normalized spacial score (nSPS) is 10.6. The summed E-state index contributed by atoms with van der Waals surface area (Å²) in [6, 6.07) is 1.86. The number of amides is 1. The van der Waals surface area contributed by atoms with Crippen LogP contribution in [0.3, 0.4) is 0 Å². The van der Waals surface area contributed by atoms with E-state index in [-0.39, 0.29) is 5.91 Å². The van der Waals surface area contributed by atoms with E-state index >= 15 is 0 Å². The van der Waals surface area contributed by atoms with Crippen LogP contribution in [0, 0.1) is 5.92 Å². The van der Waals surface area contributed by atoms with Crippen molar-refractivity contribution in [3.63, 3.8) is 0 Å². The molecule has 1 rings (SSSR count). The molecule has 0 aliphatic rings. The molecular formula is C16H27N3O. The summed E-state index contributed by atoms with van der Waals surface area (Å²) in [5.74, 6) is 0.626. The minimum Gasteiger partial charge on any atom is -0.384 e. The van der Waals surface area contributed by atoms with Gasteiger partial charge in [0, 0.05) is 25.5 Å². The van der Waals surface area contributed by atoms with E-state index in [4.69, 9.17) is 0 Å². The van der Waals surface area contributed by atoms with Gasteiger partial charge in [0.15, 0.2) is 0 Å². The first-order valence-corrected chi connectivity index (χ1v) is 7.60. The van der Waals surface area contributed by atoms with Gasteiger partial charge in [-0.2, -0.15) is 0 Å². The van der Waals surface area contributed by atoms with Crippen LogP contribution in [-0.2, 0) is 0 Å².